The lowest BCUT2D eigenvalue weighted by molar-refractivity contribution is 0.628. The van der Waals surface area contributed by atoms with E-state index in [4.69, 9.17) is 0 Å². The van der Waals surface area contributed by atoms with E-state index in [9.17, 15) is 9.65 Å². The Morgan fingerprint density at radius 1 is 1.15 bits per heavy atom. The van der Waals surface area contributed by atoms with Crippen LogP contribution >= 0.6 is 0 Å². The summed E-state index contributed by atoms with van der Waals surface area (Å²) < 4.78 is 14.4. The summed E-state index contributed by atoms with van der Waals surface area (Å²) in [5.41, 5.74) is 3.77. The van der Waals surface area contributed by atoms with Gasteiger partial charge in [0.1, 0.15) is 5.82 Å². The Bertz CT molecular complexity index is 1050. The van der Waals surface area contributed by atoms with Crippen LogP contribution in [0.2, 0.25) is 0 Å². The highest BCUT2D eigenvalue weighted by atomic mass is 19.1. The van der Waals surface area contributed by atoms with E-state index in [2.05, 4.69) is 21.6 Å². The molecule has 3 aromatic rings. The van der Waals surface area contributed by atoms with Gasteiger partial charge in [-0.1, -0.05) is 12.1 Å². The molecule has 0 saturated carbocycles. The first-order valence-electron chi connectivity index (χ1n) is 8.73. The van der Waals surface area contributed by atoms with Gasteiger partial charge in [-0.25, -0.2) is 4.39 Å². The highest BCUT2D eigenvalue weighted by Crippen LogP contribution is 2.32. The predicted octanol–water partition coefficient (Wildman–Crippen LogP) is 4.50. The third-order valence-corrected chi connectivity index (χ3v) is 4.83. The Morgan fingerprint density at radius 3 is 2.56 bits per heavy atom. The Labute approximate surface area is 158 Å². The molecule has 1 aromatic heterocycles. The molecule has 0 unspecified atom stereocenters. The second-order valence-electron chi connectivity index (χ2n) is 6.88. The number of halogens is 1. The number of fused-ring (bicyclic) bond motifs is 1. The number of hydrogen-bond donors (Lipinski definition) is 1. The summed E-state index contributed by atoms with van der Waals surface area (Å²) >= 11 is 0. The molecule has 1 N–H and O–H groups in total. The molecule has 0 spiro atoms. The van der Waals surface area contributed by atoms with Gasteiger partial charge >= 0.3 is 0 Å². The number of hydrogen-bond acceptors (Lipinski definition) is 5. The summed E-state index contributed by atoms with van der Waals surface area (Å²) in [4.78, 5) is 1.73. The van der Waals surface area contributed by atoms with Gasteiger partial charge in [-0.05, 0) is 50.1 Å². The van der Waals surface area contributed by atoms with Crippen molar-refractivity contribution in [2.45, 2.75) is 26.8 Å². The molecule has 0 radical (unpaired) electrons. The summed E-state index contributed by atoms with van der Waals surface area (Å²) in [6, 6.07) is 11.1. The lowest BCUT2D eigenvalue weighted by Gasteiger charge is -2.20. The zero-order valence-corrected chi connectivity index (χ0v) is 16.1. The van der Waals surface area contributed by atoms with E-state index in [0.29, 0.717) is 22.8 Å². The second kappa shape index (κ2) is 7.20. The fourth-order valence-electron chi connectivity index (χ4n) is 3.27. The summed E-state index contributed by atoms with van der Waals surface area (Å²) in [6.07, 6.45) is 0. The van der Waals surface area contributed by atoms with Gasteiger partial charge in [-0.15, -0.1) is 5.10 Å². The molecule has 138 valence electrons. The highest BCUT2D eigenvalue weighted by molar-refractivity contribution is 5.95. The minimum absolute atomic E-state index is 0.0913. The fourth-order valence-corrected chi connectivity index (χ4v) is 3.27. The summed E-state index contributed by atoms with van der Waals surface area (Å²) in [5.74, 6) is 0.299. The molecule has 0 saturated heterocycles. The number of nitrogens with one attached hydrogen (secondary N) is 1. The van der Waals surface area contributed by atoms with Crippen LogP contribution in [0.1, 0.15) is 35.3 Å². The van der Waals surface area contributed by atoms with Crippen molar-refractivity contribution in [2.75, 3.05) is 24.3 Å². The maximum absolute atomic E-state index is 14.4. The van der Waals surface area contributed by atoms with Gasteiger partial charge in [0, 0.05) is 24.9 Å². The number of nitriles is 1. The van der Waals surface area contributed by atoms with Crippen molar-refractivity contribution in [3.8, 4) is 6.07 Å². The molecule has 27 heavy (non-hydrogen) atoms. The average Bonchev–Trinajstić information content (AvgIpc) is 2.63. The molecule has 6 heteroatoms. The van der Waals surface area contributed by atoms with Gasteiger partial charge < -0.3 is 10.2 Å². The molecule has 1 atom stereocenters. The molecule has 1 heterocycles. The van der Waals surface area contributed by atoms with Gasteiger partial charge in [0.25, 0.3) is 0 Å². The average molecular weight is 363 g/mol. The van der Waals surface area contributed by atoms with Crippen LogP contribution in [0.5, 0.6) is 0 Å². The van der Waals surface area contributed by atoms with Crippen LogP contribution in [0.3, 0.4) is 0 Å². The van der Waals surface area contributed by atoms with Crippen LogP contribution in [0.15, 0.2) is 30.3 Å². The zero-order valence-electron chi connectivity index (χ0n) is 16.1. The molecular formula is C21H22FN5. The Kier molecular flexibility index (Phi) is 4.95. The van der Waals surface area contributed by atoms with Gasteiger partial charge in [0.05, 0.1) is 29.1 Å². The quantitative estimate of drug-likeness (QED) is 0.739. The normalized spacial score (nSPS) is 11.9. The number of anilines is 2. The minimum Gasteiger partial charge on any atom is -0.375 e. The summed E-state index contributed by atoms with van der Waals surface area (Å²) in [6.45, 7) is 5.76. The number of rotatable bonds is 4. The van der Waals surface area contributed by atoms with Gasteiger partial charge in [0.2, 0.25) is 0 Å². The van der Waals surface area contributed by atoms with Crippen molar-refractivity contribution in [1.82, 2.24) is 10.2 Å². The number of aromatic nitrogens is 2. The van der Waals surface area contributed by atoms with Gasteiger partial charge in [-0.3, -0.25) is 0 Å². The molecule has 0 aliphatic heterocycles. The molecule has 5 nitrogen and oxygen atoms in total. The van der Waals surface area contributed by atoms with E-state index in [1.165, 1.54) is 6.07 Å². The van der Waals surface area contributed by atoms with Crippen molar-refractivity contribution >= 4 is 22.3 Å². The first kappa shape index (κ1) is 18.6. The van der Waals surface area contributed by atoms with Crippen LogP contribution in [-0.4, -0.2) is 24.3 Å². The molecule has 0 bridgehead atoms. The van der Waals surface area contributed by atoms with Crippen molar-refractivity contribution in [2.24, 2.45) is 0 Å². The molecule has 3 rings (SSSR count). The van der Waals surface area contributed by atoms with E-state index in [1.54, 1.807) is 31.1 Å². The van der Waals surface area contributed by atoms with Crippen molar-refractivity contribution in [1.29, 1.82) is 5.26 Å². The van der Waals surface area contributed by atoms with Crippen molar-refractivity contribution in [3.63, 3.8) is 0 Å². The molecule has 0 fully saturated rings. The van der Waals surface area contributed by atoms with Gasteiger partial charge in [-0.2, -0.15) is 10.4 Å². The highest BCUT2D eigenvalue weighted by Gasteiger charge is 2.16. The third kappa shape index (κ3) is 3.41. The largest absolute Gasteiger partial charge is 0.375 e. The molecule has 0 aliphatic rings. The van der Waals surface area contributed by atoms with E-state index >= 15 is 0 Å². The van der Waals surface area contributed by atoms with E-state index in [1.807, 2.05) is 32.9 Å². The second-order valence-corrected chi connectivity index (χ2v) is 6.88. The summed E-state index contributed by atoms with van der Waals surface area (Å²) in [7, 11) is 3.61. The van der Waals surface area contributed by atoms with Crippen molar-refractivity contribution < 1.29 is 4.39 Å². The van der Waals surface area contributed by atoms with Crippen LogP contribution in [0, 0.1) is 31.0 Å². The Morgan fingerprint density at radius 2 is 1.89 bits per heavy atom. The van der Waals surface area contributed by atoms with Crippen LogP contribution < -0.4 is 10.2 Å². The molecule has 0 amide bonds. The maximum atomic E-state index is 14.4. The SMILES string of the molecule is Cc1c(C#N)cccc1[C@@H](C)Nc1nnc(C)c2cc(F)c(N(C)C)cc12. The van der Waals surface area contributed by atoms with Crippen LogP contribution in [0.4, 0.5) is 15.9 Å². The first-order chi connectivity index (χ1) is 12.8. The van der Waals surface area contributed by atoms with E-state index in [0.717, 1.165) is 21.9 Å². The van der Waals surface area contributed by atoms with Crippen LogP contribution in [-0.2, 0) is 0 Å². The topological polar surface area (TPSA) is 64.8 Å². The number of benzene rings is 2. The number of nitrogens with zero attached hydrogens (tertiary/aromatic N) is 4. The molecule has 2 aromatic carbocycles. The maximum Gasteiger partial charge on any atom is 0.157 e. The smallest absolute Gasteiger partial charge is 0.157 e. The van der Waals surface area contributed by atoms with E-state index < -0.39 is 0 Å². The van der Waals surface area contributed by atoms with Crippen LogP contribution in [0.25, 0.3) is 10.8 Å². The summed E-state index contributed by atoms with van der Waals surface area (Å²) in [5, 5.41) is 22.7. The van der Waals surface area contributed by atoms with Crippen molar-refractivity contribution in [3.05, 3.63) is 58.5 Å². The third-order valence-electron chi connectivity index (χ3n) is 4.83. The predicted molar refractivity (Wildman–Crippen MR) is 106 cm³/mol. The van der Waals surface area contributed by atoms with Gasteiger partial charge in [0.15, 0.2) is 5.82 Å². The molecular weight excluding hydrogens is 341 g/mol. The monoisotopic (exact) mass is 363 g/mol. The zero-order chi connectivity index (χ0) is 19.7. The molecule has 0 aliphatic carbocycles. The fraction of sp³-hybridized carbons (Fsp3) is 0.286. The Hall–Kier alpha value is -3.20. The van der Waals surface area contributed by atoms with E-state index in [-0.39, 0.29) is 11.9 Å². The first-order valence-corrected chi connectivity index (χ1v) is 8.73. The number of aryl methyl sites for hydroxylation is 1. The minimum atomic E-state index is -0.292. The lowest BCUT2D eigenvalue weighted by Crippen LogP contribution is -2.13. The standard InChI is InChI=1S/C21H22FN5/c1-12-15(11-23)7-6-8-16(12)13(2)24-21-18-10-20(27(4)5)19(22)9-17(18)14(3)25-26-21/h6-10,13H,1-5H3,(H,24,26)/t13-/m1/s1. The Balaban J connectivity index is 2.08. The lowest BCUT2D eigenvalue weighted by atomic mass is 9.98.